The van der Waals surface area contributed by atoms with Crippen molar-refractivity contribution in [2.45, 2.75) is 68.3 Å². The lowest BCUT2D eigenvalue weighted by Crippen LogP contribution is -2.65. The fourth-order valence-electron chi connectivity index (χ4n) is 2.87. The molecule has 7 N–H and O–H groups in total. The Balaban J connectivity index is 2.21. The van der Waals surface area contributed by atoms with Crippen molar-refractivity contribution in [1.29, 1.82) is 0 Å². The molecule has 2 fully saturated rings. The molecule has 0 aromatic rings. The SMILES string of the molecule is CC(=O)O[C@H]1[C@@H](O[C@H]2O[C@H](CO)[C@@H](O)[C@H](O)[C@@H]2O)[C@H](O)[C@@H](CO)O[C@H]1O. The first-order valence-electron chi connectivity index (χ1n) is 7.96. The van der Waals surface area contributed by atoms with Gasteiger partial charge in [-0.3, -0.25) is 4.79 Å². The van der Waals surface area contributed by atoms with E-state index in [1.165, 1.54) is 0 Å². The zero-order chi connectivity index (χ0) is 19.6. The van der Waals surface area contributed by atoms with Crippen LogP contribution in [0.15, 0.2) is 0 Å². The van der Waals surface area contributed by atoms with E-state index in [-0.39, 0.29) is 0 Å². The second-order valence-corrected chi connectivity index (χ2v) is 6.11. The van der Waals surface area contributed by atoms with E-state index >= 15 is 0 Å². The highest BCUT2D eigenvalue weighted by Crippen LogP contribution is 2.29. The van der Waals surface area contributed by atoms with Crippen molar-refractivity contribution in [1.82, 2.24) is 0 Å². The Morgan fingerprint density at radius 3 is 1.96 bits per heavy atom. The summed E-state index contributed by atoms with van der Waals surface area (Å²) in [6, 6.07) is 0. The average Bonchev–Trinajstić information content (AvgIpc) is 2.60. The van der Waals surface area contributed by atoms with Gasteiger partial charge in [-0.05, 0) is 0 Å². The van der Waals surface area contributed by atoms with E-state index in [0.717, 1.165) is 6.92 Å². The molecule has 2 rings (SSSR count). The van der Waals surface area contributed by atoms with Gasteiger partial charge in [0.2, 0.25) is 0 Å². The lowest BCUT2D eigenvalue weighted by atomic mass is 9.97. The molecule has 2 aliphatic heterocycles. The van der Waals surface area contributed by atoms with Crippen LogP contribution >= 0.6 is 0 Å². The van der Waals surface area contributed by atoms with E-state index in [1.807, 2.05) is 0 Å². The Labute approximate surface area is 148 Å². The third-order valence-corrected chi connectivity index (χ3v) is 4.26. The summed E-state index contributed by atoms with van der Waals surface area (Å²) in [6.07, 6.45) is -15.7. The fraction of sp³-hybridized carbons (Fsp3) is 0.929. The van der Waals surface area contributed by atoms with Crippen LogP contribution in [0.1, 0.15) is 6.92 Å². The van der Waals surface area contributed by atoms with Crippen molar-refractivity contribution in [3.8, 4) is 0 Å². The molecule has 0 radical (unpaired) electrons. The molecule has 26 heavy (non-hydrogen) atoms. The fourth-order valence-corrected chi connectivity index (χ4v) is 2.87. The zero-order valence-electron chi connectivity index (χ0n) is 13.9. The predicted molar refractivity (Wildman–Crippen MR) is 78.2 cm³/mol. The molecule has 0 amide bonds. The van der Waals surface area contributed by atoms with Gasteiger partial charge in [-0.15, -0.1) is 0 Å². The molecule has 0 aromatic heterocycles. The smallest absolute Gasteiger partial charge is 0.303 e. The van der Waals surface area contributed by atoms with Gasteiger partial charge < -0.3 is 54.7 Å². The first kappa shape index (κ1) is 21.4. The summed E-state index contributed by atoms with van der Waals surface area (Å²) >= 11 is 0. The van der Waals surface area contributed by atoms with Crippen molar-refractivity contribution in [3.63, 3.8) is 0 Å². The molecule has 12 nitrogen and oxygen atoms in total. The van der Waals surface area contributed by atoms with Gasteiger partial charge in [-0.2, -0.15) is 0 Å². The summed E-state index contributed by atoms with van der Waals surface area (Å²) in [5.74, 6) is -0.824. The van der Waals surface area contributed by atoms with E-state index in [2.05, 4.69) is 0 Å². The van der Waals surface area contributed by atoms with E-state index < -0.39 is 80.6 Å². The Kier molecular flexibility index (Phi) is 7.27. The molecule has 2 saturated heterocycles. The van der Waals surface area contributed by atoms with E-state index in [1.54, 1.807) is 0 Å². The molecule has 0 saturated carbocycles. The molecular weight excluding hydrogens is 360 g/mol. The lowest BCUT2D eigenvalue weighted by molar-refractivity contribution is -0.356. The number of carbonyl (C=O) groups excluding carboxylic acids is 1. The Morgan fingerprint density at radius 2 is 1.42 bits per heavy atom. The highest BCUT2D eigenvalue weighted by molar-refractivity contribution is 5.66. The molecule has 2 aliphatic rings. The van der Waals surface area contributed by atoms with Crippen LogP contribution in [-0.4, -0.2) is 116 Å². The summed E-state index contributed by atoms with van der Waals surface area (Å²) in [6.45, 7) is -0.349. The van der Waals surface area contributed by atoms with Gasteiger partial charge in [0, 0.05) is 6.92 Å². The molecule has 10 atom stereocenters. The van der Waals surface area contributed by atoms with Crippen LogP contribution in [0, 0.1) is 0 Å². The van der Waals surface area contributed by atoms with Crippen LogP contribution in [0.4, 0.5) is 0 Å². The van der Waals surface area contributed by atoms with Gasteiger partial charge in [0.15, 0.2) is 18.7 Å². The molecule has 0 unspecified atom stereocenters. The minimum Gasteiger partial charge on any atom is -0.454 e. The van der Waals surface area contributed by atoms with Crippen molar-refractivity contribution in [2.24, 2.45) is 0 Å². The summed E-state index contributed by atoms with van der Waals surface area (Å²) in [4.78, 5) is 11.2. The van der Waals surface area contributed by atoms with Crippen LogP contribution in [0.2, 0.25) is 0 Å². The molecule has 0 aliphatic carbocycles. The Morgan fingerprint density at radius 1 is 0.846 bits per heavy atom. The average molecular weight is 384 g/mol. The maximum Gasteiger partial charge on any atom is 0.303 e. The normalized spacial score (nSPS) is 46.8. The van der Waals surface area contributed by atoms with E-state index in [9.17, 15) is 40.5 Å². The Hall–Kier alpha value is -0.930. The highest BCUT2D eigenvalue weighted by atomic mass is 16.7. The highest BCUT2D eigenvalue weighted by Gasteiger charge is 2.51. The summed E-state index contributed by atoms with van der Waals surface area (Å²) in [7, 11) is 0. The number of hydrogen-bond donors (Lipinski definition) is 7. The van der Waals surface area contributed by atoms with Gasteiger partial charge in [0.1, 0.15) is 42.7 Å². The largest absolute Gasteiger partial charge is 0.454 e. The first-order valence-corrected chi connectivity index (χ1v) is 7.96. The number of ether oxygens (including phenoxy) is 4. The predicted octanol–water partition coefficient (Wildman–Crippen LogP) is -4.83. The van der Waals surface area contributed by atoms with Gasteiger partial charge >= 0.3 is 5.97 Å². The van der Waals surface area contributed by atoms with Gasteiger partial charge in [-0.1, -0.05) is 0 Å². The van der Waals surface area contributed by atoms with Crippen molar-refractivity contribution < 1.29 is 59.5 Å². The van der Waals surface area contributed by atoms with Crippen LogP contribution in [0.3, 0.4) is 0 Å². The number of aliphatic hydroxyl groups is 7. The second-order valence-electron chi connectivity index (χ2n) is 6.11. The van der Waals surface area contributed by atoms with Gasteiger partial charge in [0.25, 0.3) is 0 Å². The lowest BCUT2D eigenvalue weighted by Gasteiger charge is -2.45. The van der Waals surface area contributed by atoms with Gasteiger partial charge in [0.05, 0.1) is 13.2 Å². The molecule has 12 heteroatoms. The summed E-state index contributed by atoms with van der Waals surface area (Å²) in [5, 5.41) is 68.2. The standard InChI is InChI=1S/C14H24O12/c1-4(17)23-12-11(8(19)6(3-16)24-13(12)22)26-14-10(21)9(20)7(18)5(2-15)25-14/h5-16,18-22H,2-3H2,1H3/t5-,6-,7-,8-,9+,10+,11+,12+,13-,14-/m1/s1. The molecular formula is C14H24O12. The van der Waals surface area contributed by atoms with Crippen molar-refractivity contribution in [2.75, 3.05) is 13.2 Å². The molecule has 2 heterocycles. The Bertz CT molecular complexity index is 473. The minimum atomic E-state index is -1.77. The first-order chi connectivity index (χ1) is 12.2. The monoisotopic (exact) mass is 384 g/mol. The third-order valence-electron chi connectivity index (χ3n) is 4.26. The van der Waals surface area contributed by atoms with Crippen LogP contribution < -0.4 is 0 Å². The second kappa shape index (κ2) is 8.84. The van der Waals surface area contributed by atoms with Crippen molar-refractivity contribution in [3.05, 3.63) is 0 Å². The van der Waals surface area contributed by atoms with Crippen LogP contribution in [-0.2, 0) is 23.7 Å². The quantitative estimate of drug-likeness (QED) is 0.224. The van der Waals surface area contributed by atoms with E-state index in [4.69, 9.17) is 18.9 Å². The van der Waals surface area contributed by atoms with Crippen LogP contribution in [0.5, 0.6) is 0 Å². The van der Waals surface area contributed by atoms with Gasteiger partial charge in [-0.25, -0.2) is 0 Å². The summed E-state index contributed by atoms with van der Waals surface area (Å²) < 4.78 is 20.4. The number of aliphatic hydroxyl groups excluding tert-OH is 7. The summed E-state index contributed by atoms with van der Waals surface area (Å²) in [5.41, 5.74) is 0. The molecule has 0 bridgehead atoms. The minimum absolute atomic E-state index is 0.695. The maximum atomic E-state index is 11.2. The van der Waals surface area contributed by atoms with Crippen LogP contribution in [0.25, 0.3) is 0 Å². The maximum absolute atomic E-state index is 11.2. The van der Waals surface area contributed by atoms with E-state index in [0.29, 0.717) is 0 Å². The number of esters is 1. The zero-order valence-corrected chi connectivity index (χ0v) is 13.9. The topological polar surface area (TPSA) is 196 Å². The number of carbonyl (C=O) groups is 1. The molecule has 0 spiro atoms. The van der Waals surface area contributed by atoms with Crippen molar-refractivity contribution >= 4 is 5.97 Å². The molecule has 0 aromatic carbocycles. The third kappa shape index (κ3) is 4.31. The molecule has 152 valence electrons. The number of rotatable bonds is 5. The number of hydrogen-bond acceptors (Lipinski definition) is 12.